The Hall–Kier alpha value is -0.150. The summed E-state index contributed by atoms with van der Waals surface area (Å²) in [6.45, 7) is 2.02. The number of halogens is 1. The molecule has 1 saturated heterocycles. The third kappa shape index (κ3) is 1.63. The number of nitrogens with two attached hydrogens (primary N) is 1. The maximum Gasteiger partial charge on any atom is 0.107 e. The van der Waals surface area contributed by atoms with Crippen LogP contribution in [-0.4, -0.2) is 25.8 Å². The van der Waals surface area contributed by atoms with Crippen molar-refractivity contribution in [3.63, 3.8) is 0 Å². The molecule has 0 spiro atoms. The highest BCUT2D eigenvalue weighted by Crippen LogP contribution is 2.12. The fourth-order valence-corrected chi connectivity index (χ4v) is 1.12. The van der Waals surface area contributed by atoms with Crippen LogP contribution >= 0.6 is 0 Å². The van der Waals surface area contributed by atoms with Gasteiger partial charge in [-0.05, 0) is 19.5 Å². The minimum Gasteiger partial charge on any atom is -0.330 e. The molecular weight excluding hydrogens is 119 g/mol. The molecule has 2 atom stereocenters. The first-order valence-electron chi connectivity index (χ1n) is 3.39. The lowest BCUT2D eigenvalue weighted by Gasteiger charge is -2.24. The maximum atomic E-state index is 12.7. The van der Waals surface area contributed by atoms with Crippen LogP contribution in [0.1, 0.15) is 6.42 Å². The normalized spacial score (nSPS) is 36.7. The predicted molar refractivity (Wildman–Crippen MR) is 34.9 cm³/mol. The van der Waals surface area contributed by atoms with Crippen molar-refractivity contribution in [2.75, 3.05) is 19.6 Å². The largest absolute Gasteiger partial charge is 0.330 e. The van der Waals surface area contributed by atoms with E-state index in [4.69, 9.17) is 5.73 Å². The summed E-state index contributed by atoms with van der Waals surface area (Å²) >= 11 is 0. The third-order valence-electron chi connectivity index (χ3n) is 1.82. The zero-order valence-electron chi connectivity index (χ0n) is 5.44. The monoisotopic (exact) mass is 132 g/mol. The molecule has 1 fully saturated rings. The Bertz CT molecular complexity index is 87.1. The first-order chi connectivity index (χ1) is 4.34. The van der Waals surface area contributed by atoms with Crippen LogP contribution in [0.2, 0.25) is 0 Å². The second-order valence-electron chi connectivity index (χ2n) is 2.50. The van der Waals surface area contributed by atoms with Crippen molar-refractivity contribution in [3.8, 4) is 0 Å². The van der Waals surface area contributed by atoms with E-state index >= 15 is 0 Å². The van der Waals surface area contributed by atoms with Gasteiger partial charge in [-0.2, -0.15) is 0 Å². The Balaban J connectivity index is 2.30. The molecule has 3 heteroatoms. The number of rotatable bonds is 1. The van der Waals surface area contributed by atoms with E-state index in [0.717, 1.165) is 13.1 Å². The van der Waals surface area contributed by atoms with E-state index < -0.39 is 6.17 Å². The van der Waals surface area contributed by atoms with Gasteiger partial charge >= 0.3 is 0 Å². The molecule has 0 aromatic carbocycles. The summed E-state index contributed by atoms with van der Waals surface area (Å²) in [4.78, 5) is 0. The second-order valence-corrected chi connectivity index (χ2v) is 2.50. The van der Waals surface area contributed by atoms with Crippen LogP contribution in [0.3, 0.4) is 0 Å². The lowest BCUT2D eigenvalue weighted by Crippen LogP contribution is -2.41. The summed E-state index contributed by atoms with van der Waals surface area (Å²) in [6, 6.07) is 0. The summed E-state index contributed by atoms with van der Waals surface area (Å²) in [5, 5.41) is 3.10. The van der Waals surface area contributed by atoms with E-state index in [1.807, 2.05) is 0 Å². The van der Waals surface area contributed by atoms with Gasteiger partial charge in [0.1, 0.15) is 6.17 Å². The van der Waals surface area contributed by atoms with Gasteiger partial charge in [0.05, 0.1) is 0 Å². The molecule has 9 heavy (non-hydrogen) atoms. The van der Waals surface area contributed by atoms with E-state index in [-0.39, 0.29) is 5.92 Å². The fourth-order valence-electron chi connectivity index (χ4n) is 1.12. The lowest BCUT2D eigenvalue weighted by atomic mass is 9.98. The molecule has 54 valence electrons. The second kappa shape index (κ2) is 3.13. The number of piperidine rings is 1. The van der Waals surface area contributed by atoms with Crippen LogP contribution in [0.25, 0.3) is 0 Å². The highest BCUT2D eigenvalue weighted by atomic mass is 19.1. The van der Waals surface area contributed by atoms with Gasteiger partial charge in [-0.3, -0.25) is 0 Å². The minimum atomic E-state index is -0.670. The molecule has 1 heterocycles. The molecule has 2 unspecified atom stereocenters. The lowest BCUT2D eigenvalue weighted by molar-refractivity contribution is 0.184. The van der Waals surface area contributed by atoms with E-state index in [9.17, 15) is 4.39 Å². The molecule has 0 aromatic rings. The van der Waals surface area contributed by atoms with Crippen molar-refractivity contribution in [1.29, 1.82) is 0 Å². The first kappa shape index (κ1) is 6.96. The molecular formula is C6H13FN2. The summed E-state index contributed by atoms with van der Waals surface area (Å²) in [6.07, 6.45) is -0.0433. The highest BCUT2D eigenvalue weighted by Gasteiger charge is 2.22. The molecule has 0 amide bonds. The predicted octanol–water partition coefficient (Wildman–Crippen LogP) is -0.107. The minimum absolute atomic E-state index is 0.0544. The van der Waals surface area contributed by atoms with E-state index in [1.54, 1.807) is 0 Å². The smallest absolute Gasteiger partial charge is 0.107 e. The first-order valence-corrected chi connectivity index (χ1v) is 3.39. The maximum absolute atomic E-state index is 12.7. The highest BCUT2D eigenvalue weighted by molar-refractivity contribution is 4.77. The van der Waals surface area contributed by atoms with Crippen LogP contribution in [0.4, 0.5) is 4.39 Å². The standard InChI is InChI=1S/C6H13FN2/c7-6-1-2-9-4-5(6)3-8/h5-6,9H,1-4,8H2. The summed E-state index contributed by atoms with van der Waals surface area (Å²) < 4.78 is 12.7. The Kier molecular flexibility index (Phi) is 2.42. The molecule has 0 aromatic heterocycles. The molecule has 1 rings (SSSR count). The quantitative estimate of drug-likeness (QED) is 0.522. The van der Waals surface area contributed by atoms with E-state index in [0.29, 0.717) is 13.0 Å². The number of alkyl halides is 1. The molecule has 0 bridgehead atoms. The van der Waals surface area contributed by atoms with Crippen molar-refractivity contribution >= 4 is 0 Å². The molecule has 1 aliphatic heterocycles. The Labute approximate surface area is 54.6 Å². The Morgan fingerprint density at radius 2 is 2.44 bits per heavy atom. The van der Waals surface area contributed by atoms with Crippen molar-refractivity contribution in [1.82, 2.24) is 5.32 Å². The van der Waals surface area contributed by atoms with Gasteiger partial charge in [0, 0.05) is 12.5 Å². The SMILES string of the molecule is NCC1CNCCC1F. The molecule has 0 radical (unpaired) electrons. The van der Waals surface area contributed by atoms with Crippen LogP contribution in [0.5, 0.6) is 0 Å². The number of hydrogen-bond donors (Lipinski definition) is 2. The average molecular weight is 132 g/mol. The molecule has 0 saturated carbocycles. The zero-order chi connectivity index (χ0) is 6.69. The van der Waals surface area contributed by atoms with Gasteiger partial charge < -0.3 is 11.1 Å². The Morgan fingerprint density at radius 1 is 1.67 bits per heavy atom. The van der Waals surface area contributed by atoms with Crippen LogP contribution in [0, 0.1) is 5.92 Å². The van der Waals surface area contributed by atoms with Crippen molar-refractivity contribution in [2.24, 2.45) is 11.7 Å². The van der Waals surface area contributed by atoms with Gasteiger partial charge in [0.2, 0.25) is 0 Å². The van der Waals surface area contributed by atoms with Crippen molar-refractivity contribution in [3.05, 3.63) is 0 Å². The van der Waals surface area contributed by atoms with Gasteiger partial charge in [-0.15, -0.1) is 0 Å². The van der Waals surface area contributed by atoms with E-state index in [1.165, 1.54) is 0 Å². The van der Waals surface area contributed by atoms with Gasteiger partial charge in [0.15, 0.2) is 0 Å². The molecule has 3 N–H and O–H groups in total. The topological polar surface area (TPSA) is 38.0 Å². The van der Waals surface area contributed by atoms with Crippen LogP contribution in [0.15, 0.2) is 0 Å². The van der Waals surface area contributed by atoms with Gasteiger partial charge in [-0.25, -0.2) is 4.39 Å². The van der Waals surface area contributed by atoms with Crippen molar-refractivity contribution in [2.45, 2.75) is 12.6 Å². The molecule has 0 aliphatic carbocycles. The van der Waals surface area contributed by atoms with Crippen LogP contribution < -0.4 is 11.1 Å². The number of nitrogens with one attached hydrogen (secondary N) is 1. The van der Waals surface area contributed by atoms with Gasteiger partial charge in [-0.1, -0.05) is 0 Å². The molecule has 2 nitrogen and oxygen atoms in total. The van der Waals surface area contributed by atoms with E-state index in [2.05, 4.69) is 5.32 Å². The zero-order valence-corrected chi connectivity index (χ0v) is 5.44. The number of hydrogen-bond acceptors (Lipinski definition) is 2. The van der Waals surface area contributed by atoms with Gasteiger partial charge in [0.25, 0.3) is 0 Å². The third-order valence-corrected chi connectivity index (χ3v) is 1.82. The van der Waals surface area contributed by atoms with Crippen LogP contribution in [-0.2, 0) is 0 Å². The Morgan fingerprint density at radius 3 is 2.89 bits per heavy atom. The summed E-state index contributed by atoms with van der Waals surface area (Å²) in [5.41, 5.74) is 5.31. The fraction of sp³-hybridized carbons (Fsp3) is 1.00. The summed E-state index contributed by atoms with van der Waals surface area (Å²) in [7, 11) is 0. The summed E-state index contributed by atoms with van der Waals surface area (Å²) in [5.74, 6) is 0.0544. The molecule has 1 aliphatic rings. The van der Waals surface area contributed by atoms with Crippen molar-refractivity contribution < 1.29 is 4.39 Å². The average Bonchev–Trinajstić information content (AvgIpc) is 1.89.